The molecular weight excluding hydrogens is 248 g/mol. The second-order valence-electron chi connectivity index (χ2n) is 4.59. The molecule has 3 heterocycles. The van der Waals surface area contributed by atoms with Crippen molar-refractivity contribution in [3.05, 3.63) is 27.8 Å². The molecule has 2 aromatic rings. The quantitative estimate of drug-likeness (QED) is 0.921. The average molecular weight is 264 g/mol. The van der Waals surface area contributed by atoms with Crippen LogP contribution >= 0.6 is 11.3 Å². The van der Waals surface area contributed by atoms with Gasteiger partial charge >= 0.3 is 0 Å². The number of aryl methyl sites for hydroxylation is 1. The van der Waals surface area contributed by atoms with Crippen LogP contribution in [0.1, 0.15) is 47.7 Å². The van der Waals surface area contributed by atoms with Crippen LogP contribution in [0.3, 0.4) is 0 Å². The van der Waals surface area contributed by atoms with Gasteiger partial charge in [-0.15, -0.1) is 11.3 Å². The van der Waals surface area contributed by atoms with Gasteiger partial charge < -0.3 is 9.84 Å². The molecule has 18 heavy (non-hydrogen) atoms. The predicted octanol–water partition coefficient (Wildman–Crippen LogP) is 2.24. The fraction of sp³-hybridized carbons (Fsp3) is 0.583. The Morgan fingerprint density at radius 1 is 1.44 bits per heavy atom. The molecule has 0 bridgehead atoms. The molecule has 96 valence electrons. The second-order valence-corrected chi connectivity index (χ2v) is 5.65. The Balaban J connectivity index is 1.69. The standard InChI is InChI=1S/C12H16N4OS/c1-8-14-9(7-18-8)6-11-15-12(17-16-11)10-4-2-3-5-13-10/h7,10,13H,2-6H2,1H3/t10-/m0/s1. The van der Waals surface area contributed by atoms with Crippen LogP contribution in [0.5, 0.6) is 0 Å². The van der Waals surface area contributed by atoms with Crippen molar-refractivity contribution in [1.29, 1.82) is 0 Å². The monoisotopic (exact) mass is 264 g/mol. The van der Waals surface area contributed by atoms with Gasteiger partial charge in [0.15, 0.2) is 5.82 Å². The normalized spacial score (nSPS) is 20.2. The van der Waals surface area contributed by atoms with Gasteiger partial charge in [0.2, 0.25) is 5.89 Å². The molecule has 1 saturated heterocycles. The van der Waals surface area contributed by atoms with E-state index in [-0.39, 0.29) is 6.04 Å². The van der Waals surface area contributed by atoms with Crippen molar-refractivity contribution < 1.29 is 4.52 Å². The first-order chi connectivity index (χ1) is 8.81. The van der Waals surface area contributed by atoms with Crippen molar-refractivity contribution in [2.75, 3.05) is 6.54 Å². The Morgan fingerprint density at radius 2 is 2.39 bits per heavy atom. The maximum Gasteiger partial charge on any atom is 0.243 e. The predicted molar refractivity (Wildman–Crippen MR) is 68.5 cm³/mol. The molecule has 0 aromatic carbocycles. The van der Waals surface area contributed by atoms with Crippen molar-refractivity contribution in [3.8, 4) is 0 Å². The summed E-state index contributed by atoms with van der Waals surface area (Å²) >= 11 is 1.65. The molecule has 1 aliphatic rings. The van der Waals surface area contributed by atoms with Gasteiger partial charge in [-0.2, -0.15) is 4.98 Å². The first kappa shape index (κ1) is 11.8. The molecule has 0 amide bonds. The van der Waals surface area contributed by atoms with E-state index in [2.05, 4.69) is 20.4 Å². The number of aromatic nitrogens is 3. The second kappa shape index (κ2) is 5.16. The van der Waals surface area contributed by atoms with Gasteiger partial charge in [-0.3, -0.25) is 0 Å². The molecule has 1 fully saturated rings. The van der Waals surface area contributed by atoms with Crippen LogP contribution in [0, 0.1) is 6.92 Å². The highest BCUT2D eigenvalue weighted by Gasteiger charge is 2.21. The highest BCUT2D eigenvalue weighted by atomic mass is 32.1. The molecular formula is C12H16N4OS. The zero-order valence-electron chi connectivity index (χ0n) is 10.3. The molecule has 6 heteroatoms. The van der Waals surface area contributed by atoms with Crippen molar-refractivity contribution in [3.63, 3.8) is 0 Å². The maximum atomic E-state index is 5.34. The molecule has 0 radical (unpaired) electrons. The summed E-state index contributed by atoms with van der Waals surface area (Å²) in [6.45, 7) is 3.04. The number of hydrogen-bond donors (Lipinski definition) is 1. The Hall–Kier alpha value is -1.27. The lowest BCUT2D eigenvalue weighted by molar-refractivity contribution is 0.296. The lowest BCUT2D eigenvalue weighted by Crippen LogP contribution is -2.27. The van der Waals surface area contributed by atoms with Crippen LogP contribution in [0.2, 0.25) is 0 Å². The molecule has 2 aromatic heterocycles. The summed E-state index contributed by atoms with van der Waals surface area (Å²) in [5.41, 5.74) is 1.02. The fourth-order valence-corrected chi connectivity index (χ4v) is 2.81. The van der Waals surface area contributed by atoms with E-state index in [0.29, 0.717) is 6.42 Å². The topological polar surface area (TPSA) is 63.8 Å². The van der Waals surface area contributed by atoms with E-state index in [1.807, 2.05) is 12.3 Å². The van der Waals surface area contributed by atoms with Crippen molar-refractivity contribution in [2.24, 2.45) is 0 Å². The summed E-state index contributed by atoms with van der Waals surface area (Å²) in [6.07, 6.45) is 4.19. The number of rotatable bonds is 3. The van der Waals surface area contributed by atoms with E-state index < -0.39 is 0 Å². The minimum Gasteiger partial charge on any atom is -0.338 e. The number of nitrogens with zero attached hydrogens (tertiary/aromatic N) is 3. The van der Waals surface area contributed by atoms with E-state index in [1.165, 1.54) is 12.8 Å². The number of nitrogens with one attached hydrogen (secondary N) is 1. The molecule has 1 atom stereocenters. The summed E-state index contributed by atoms with van der Waals surface area (Å²) in [5.74, 6) is 1.44. The van der Waals surface area contributed by atoms with Crippen molar-refractivity contribution in [2.45, 2.75) is 38.6 Å². The number of hydrogen-bond acceptors (Lipinski definition) is 6. The van der Waals surface area contributed by atoms with Gasteiger partial charge in [-0.25, -0.2) is 4.98 Å². The number of piperidine rings is 1. The van der Waals surface area contributed by atoms with Gasteiger partial charge in [0, 0.05) is 5.38 Å². The minimum absolute atomic E-state index is 0.233. The Labute approximate surface area is 110 Å². The fourth-order valence-electron chi connectivity index (χ4n) is 2.19. The zero-order chi connectivity index (χ0) is 12.4. The molecule has 0 aliphatic carbocycles. The first-order valence-corrected chi connectivity index (χ1v) is 7.16. The largest absolute Gasteiger partial charge is 0.338 e. The third-order valence-electron chi connectivity index (χ3n) is 3.10. The van der Waals surface area contributed by atoms with E-state index in [4.69, 9.17) is 4.52 Å². The SMILES string of the molecule is Cc1nc(Cc2noc([C@@H]3CCCCN3)n2)cs1. The lowest BCUT2D eigenvalue weighted by atomic mass is 10.1. The van der Waals surface area contributed by atoms with Gasteiger partial charge in [-0.1, -0.05) is 11.6 Å². The maximum absolute atomic E-state index is 5.34. The lowest BCUT2D eigenvalue weighted by Gasteiger charge is -2.19. The van der Waals surface area contributed by atoms with Crippen LogP contribution in [-0.2, 0) is 6.42 Å². The Kier molecular flexibility index (Phi) is 3.38. The van der Waals surface area contributed by atoms with Crippen LogP contribution in [-0.4, -0.2) is 21.7 Å². The van der Waals surface area contributed by atoms with Gasteiger partial charge in [0.25, 0.3) is 0 Å². The van der Waals surface area contributed by atoms with Gasteiger partial charge in [0.05, 0.1) is 23.2 Å². The first-order valence-electron chi connectivity index (χ1n) is 6.28. The van der Waals surface area contributed by atoms with E-state index >= 15 is 0 Å². The molecule has 0 unspecified atom stereocenters. The summed E-state index contributed by atoms with van der Waals surface area (Å²) < 4.78 is 5.34. The van der Waals surface area contributed by atoms with Gasteiger partial charge in [-0.05, 0) is 26.3 Å². The van der Waals surface area contributed by atoms with E-state index in [0.717, 1.165) is 35.4 Å². The molecule has 0 spiro atoms. The van der Waals surface area contributed by atoms with E-state index in [1.54, 1.807) is 11.3 Å². The van der Waals surface area contributed by atoms with Crippen molar-refractivity contribution in [1.82, 2.24) is 20.4 Å². The number of thiazole rings is 1. The van der Waals surface area contributed by atoms with Crippen LogP contribution in [0.25, 0.3) is 0 Å². The molecule has 1 N–H and O–H groups in total. The summed E-state index contributed by atoms with van der Waals surface area (Å²) in [6, 6.07) is 0.233. The average Bonchev–Trinajstić information content (AvgIpc) is 3.01. The third-order valence-corrected chi connectivity index (χ3v) is 3.92. The summed E-state index contributed by atoms with van der Waals surface area (Å²) in [5, 5.41) is 10.6. The molecule has 0 saturated carbocycles. The molecule has 3 rings (SSSR count). The highest BCUT2D eigenvalue weighted by Crippen LogP contribution is 2.21. The Bertz CT molecular complexity index is 516. The molecule has 5 nitrogen and oxygen atoms in total. The van der Waals surface area contributed by atoms with Crippen LogP contribution in [0.15, 0.2) is 9.90 Å². The summed E-state index contributed by atoms with van der Waals surface area (Å²) in [4.78, 5) is 8.87. The van der Waals surface area contributed by atoms with Gasteiger partial charge in [0.1, 0.15) is 0 Å². The smallest absolute Gasteiger partial charge is 0.243 e. The Morgan fingerprint density at radius 3 is 3.11 bits per heavy atom. The highest BCUT2D eigenvalue weighted by molar-refractivity contribution is 7.09. The zero-order valence-corrected chi connectivity index (χ0v) is 11.2. The summed E-state index contributed by atoms with van der Waals surface area (Å²) in [7, 11) is 0. The van der Waals surface area contributed by atoms with Crippen LogP contribution in [0.4, 0.5) is 0 Å². The minimum atomic E-state index is 0.233. The van der Waals surface area contributed by atoms with Crippen molar-refractivity contribution >= 4 is 11.3 Å². The van der Waals surface area contributed by atoms with Crippen LogP contribution < -0.4 is 5.32 Å². The third kappa shape index (κ3) is 2.59. The van der Waals surface area contributed by atoms with E-state index in [9.17, 15) is 0 Å². The molecule has 1 aliphatic heterocycles.